The number of hydrogen-bond acceptors (Lipinski definition) is 4. The van der Waals surface area contributed by atoms with Crippen molar-refractivity contribution in [3.63, 3.8) is 0 Å². The molecule has 0 saturated heterocycles. The zero-order valence-corrected chi connectivity index (χ0v) is 10.6. The molecule has 1 aromatic rings. The van der Waals surface area contributed by atoms with E-state index < -0.39 is 24.7 Å². The maximum Gasteiger partial charge on any atom is 0.403 e. The Labute approximate surface area is 108 Å². The number of nitrogens with two attached hydrogens (primary N) is 1. The van der Waals surface area contributed by atoms with Crippen LogP contribution in [0.4, 0.5) is 13.2 Å². The van der Waals surface area contributed by atoms with Crippen molar-refractivity contribution in [2.75, 3.05) is 14.2 Å². The number of methoxy groups -OCH3 is 2. The Morgan fingerprint density at radius 3 is 2.00 bits per heavy atom. The molecule has 0 spiro atoms. The summed E-state index contributed by atoms with van der Waals surface area (Å²) in [5.74, 6) is 0.767. The Bertz CT molecular complexity index is 401. The van der Waals surface area contributed by atoms with Gasteiger partial charge in [-0.05, 0) is 17.7 Å². The van der Waals surface area contributed by atoms with Gasteiger partial charge in [0, 0.05) is 12.5 Å². The number of rotatable bonds is 5. The third-order valence-electron chi connectivity index (χ3n) is 2.66. The highest BCUT2D eigenvalue weighted by molar-refractivity contribution is 5.39. The molecule has 0 bridgehead atoms. The molecule has 0 aliphatic rings. The molecule has 4 nitrogen and oxygen atoms in total. The summed E-state index contributed by atoms with van der Waals surface area (Å²) in [6.07, 6.45) is -6.51. The largest absolute Gasteiger partial charge is 0.497 e. The van der Waals surface area contributed by atoms with E-state index in [1.165, 1.54) is 26.4 Å². The third kappa shape index (κ3) is 4.29. The molecule has 3 N–H and O–H groups in total. The van der Waals surface area contributed by atoms with Gasteiger partial charge >= 0.3 is 6.18 Å². The minimum Gasteiger partial charge on any atom is -0.497 e. The molecule has 7 heteroatoms. The van der Waals surface area contributed by atoms with E-state index in [-0.39, 0.29) is 5.56 Å². The van der Waals surface area contributed by atoms with Crippen molar-refractivity contribution in [3.8, 4) is 11.5 Å². The average Bonchev–Trinajstić information content (AvgIpc) is 2.36. The van der Waals surface area contributed by atoms with Crippen LogP contribution in [0.1, 0.15) is 18.1 Å². The number of hydrogen-bond donors (Lipinski definition) is 2. The molecule has 0 amide bonds. The molecule has 0 aliphatic heterocycles. The van der Waals surface area contributed by atoms with Crippen molar-refractivity contribution in [1.82, 2.24) is 0 Å². The first-order valence-corrected chi connectivity index (χ1v) is 5.51. The summed E-state index contributed by atoms with van der Waals surface area (Å²) >= 11 is 0. The Morgan fingerprint density at radius 2 is 1.63 bits per heavy atom. The van der Waals surface area contributed by atoms with Crippen molar-refractivity contribution in [3.05, 3.63) is 23.8 Å². The molecule has 2 atom stereocenters. The summed E-state index contributed by atoms with van der Waals surface area (Å²) < 4.78 is 46.9. The van der Waals surface area contributed by atoms with E-state index in [2.05, 4.69) is 0 Å². The fourth-order valence-corrected chi connectivity index (χ4v) is 1.53. The predicted octanol–water partition coefficient (Wildman–Crippen LogP) is 2.02. The number of aliphatic hydroxyl groups excluding tert-OH is 1. The van der Waals surface area contributed by atoms with Gasteiger partial charge in [-0.2, -0.15) is 13.2 Å². The van der Waals surface area contributed by atoms with Crippen LogP contribution in [0.2, 0.25) is 0 Å². The molecular formula is C12H16F3NO3. The van der Waals surface area contributed by atoms with Gasteiger partial charge in [-0.25, -0.2) is 0 Å². The molecule has 0 aromatic heterocycles. The molecule has 108 valence electrons. The van der Waals surface area contributed by atoms with Gasteiger partial charge in [-0.15, -0.1) is 0 Å². The van der Waals surface area contributed by atoms with Crippen LogP contribution in [0.15, 0.2) is 18.2 Å². The summed E-state index contributed by atoms with van der Waals surface area (Å²) in [6.45, 7) is 0. The molecule has 0 fully saturated rings. The van der Waals surface area contributed by atoms with Gasteiger partial charge in [0.25, 0.3) is 0 Å². The second kappa shape index (κ2) is 6.12. The highest BCUT2D eigenvalue weighted by Crippen LogP contribution is 2.31. The fraction of sp³-hybridized carbons (Fsp3) is 0.500. The van der Waals surface area contributed by atoms with Gasteiger partial charge < -0.3 is 20.3 Å². The van der Waals surface area contributed by atoms with Crippen LogP contribution in [-0.2, 0) is 0 Å². The summed E-state index contributed by atoms with van der Waals surface area (Å²) in [7, 11) is 2.82. The SMILES string of the molecule is COc1cc(OC)cc([C@@H](O)C[C@H](N)C(F)(F)F)c1. The molecule has 1 rings (SSSR count). The first kappa shape index (κ1) is 15.6. The fourth-order valence-electron chi connectivity index (χ4n) is 1.53. The summed E-state index contributed by atoms with van der Waals surface area (Å²) in [4.78, 5) is 0. The smallest absolute Gasteiger partial charge is 0.403 e. The van der Waals surface area contributed by atoms with E-state index in [0.717, 1.165) is 0 Å². The summed E-state index contributed by atoms with van der Waals surface area (Å²) in [5.41, 5.74) is 5.24. The van der Waals surface area contributed by atoms with E-state index in [1.54, 1.807) is 6.07 Å². The number of halogens is 3. The van der Waals surface area contributed by atoms with Gasteiger partial charge in [-0.3, -0.25) is 0 Å². The van der Waals surface area contributed by atoms with E-state index in [1.807, 2.05) is 0 Å². The monoisotopic (exact) mass is 279 g/mol. The van der Waals surface area contributed by atoms with Crippen LogP contribution in [0.5, 0.6) is 11.5 Å². The van der Waals surface area contributed by atoms with Crippen molar-refractivity contribution in [1.29, 1.82) is 0 Å². The van der Waals surface area contributed by atoms with Crippen LogP contribution in [0, 0.1) is 0 Å². The second-order valence-electron chi connectivity index (χ2n) is 4.05. The van der Waals surface area contributed by atoms with Crippen LogP contribution in [0.3, 0.4) is 0 Å². The summed E-state index contributed by atoms with van der Waals surface area (Å²) in [6, 6.07) is 2.35. The van der Waals surface area contributed by atoms with Gasteiger partial charge in [0.15, 0.2) is 0 Å². The quantitative estimate of drug-likeness (QED) is 0.865. The Kier molecular flexibility index (Phi) is 5.02. The maximum absolute atomic E-state index is 12.3. The molecule has 0 heterocycles. The topological polar surface area (TPSA) is 64.7 Å². The second-order valence-corrected chi connectivity index (χ2v) is 4.05. The number of aliphatic hydroxyl groups is 1. The minimum atomic E-state index is -4.54. The van der Waals surface area contributed by atoms with Crippen molar-refractivity contribution < 1.29 is 27.8 Å². The van der Waals surface area contributed by atoms with Crippen LogP contribution < -0.4 is 15.2 Å². The van der Waals surface area contributed by atoms with Gasteiger partial charge in [0.05, 0.1) is 20.3 Å². The predicted molar refractivity (Wildman–Crippen MR) is 63.2 cm³/mol. The average molecular weight is 279 g/mol. The van der Waals surface area contributed by atoms with Crippen LogP contribution in [-0.4, -0.2) is 31.5 Å². The molecule has 0 unspecified atom stereocenters. The van der Waals surface area contributed by atoms with Gasteiger partial charge in [0.2, 0.25) is 0 Å². The van der Waals surface area contributed by atoms with E-state index in [9.17, 15) is 18.3 Å². The third-order valence-corrected chi connectivity index (χ3v) is 2.66. The highest BCUT2D eigenvalue weighted by Gasteiger charge is 2.38. The number of benzene rings is 1. The molecule has 0 saturated carbocycles. The number of alkyl halides is 3. The van der Waals surface area contributed by atoms with Crippen molar-refractivity contribution in [2.24, 2.45) is 5.73 Å². The molecule has 0 radical (unpaired) electrons. The van der Waals surface area contributed by atoms with Crippen molar-refractivity contribution in [2.45, 2.75) is 24.7 Å². The van der Waals surface area contributed by atoms with E-state index >= 15 is 0 Å². The van der Waals surface area contributed by atoms with Crippen LogP contribution >= 0.6 is 0 Å². The van der Waals surface area contributed by atoms with Crippen LogP contribution in [0.25, 0.3) is 0 Å². The molecule has 19 heavy (non-hydrogen) atoms. The lowest BCUT2D eigenvalue weighted by molar-refractivity contribution is -0.153. The highest BCUT2D eigenvalue weighted by atomic mass is 19.4. The van der Waals surface area contributed by atoms with E-state index in [0.29, 0.717) is 11.5 Å². The normalized spacial score (nSPS) is 14.9. The maximum atomic E-state index is 12.3. The zero-order chi connectivity index (χ0) is 14.6. The molecule has 1 aromatic carbocycles. The lowest BCUT2D eigenvalue weighted by atomic mass is 10.0. The standard InChI is InChI=1S/C12H16F3NO3/c1-18-8-3-7(4-9(5-8)19-2)10(17)6-11(16)12(13,14)15/h3-5,10-11,17H,6,16H2,1-2H3/t10-,11-/m0/s1. The lowest BCUT2D eigenvalue weighted by Crippen LogP contribution is -2.38. The zero-order valence-electron chi connectivity index (χ0n) is 10.6. The summed E-state index contributed by atoms with van der Waals surface area (Å²) in [5, 5.41) is 9.80. The van der Waals surface area contributed by atoms with Gasteiger partial charge in [-0.1, -0.05) is 0 Å². The Morgan fingerprint density at radius 1 is 1.16 bits per heavy atom. The number of ether oxygens (including phenoxy) is 2. The minimum absolute atomic E-state index is 0.260. The van der Waals surface area contributed by atoms with E-state index in [4.69, 9.17) is 15.2 Å². The van der Waals surface area contributed by atoms with Gasteiger partial charge in [0.1, 0.15) is 17.5 Å². The first-order valence-electron chi connectivity index (χ1n) is 5.51. The Balaban J connectivity index is 2.90. The molecular weight excluding hydrogens is 263 g/mol. The van der Waals surface area contributed by atoms with Crippen molar-refractivity contribution >= 4 is 0 Å². The Hall–Kier alpha value is -1.47. The molecule has 0 aliphatic carbocycles. The first-order chi connectivity index (χ1) is 8.77. The lowest BCUT2D eigenvalue weighted by Gasteiger charge is -2.20.